The van der Waals surface area contributed by atoms with Crippen LogP contribution in [0, 0.1) is 0 Å². The van der Waals surface area contributed by atoms with Crippen LogP contribution in [0.2, 0.25) is 0 Å². The van der Waals surface area contributed by atoms with E-state index in [1.54, 1.807) is 4.90 Å². The van der Waals surface area contributed by atoms with Gasteiger partial charge in [0.2, 0.25) is 5.91 Å². The Balaban J connectivity index is 1.90. The van der Waals surface area contributed by atoms with Crippen LogP contribution in [0.5, 0.6) is 0 Å². The minimum Gasteiger partial charge on any atom is -0.363 e. The van der Waals surface area contributed by atoms with Crippen LogP contribution in [0.3, 0.4) is 0 Å². The summed E-state index contributed by atoms with van der Waals surface area (Å²) in [4.78, 5) is 20.4. The Morgan fingerprint density at radius 3 is 2.69 bits per heavy atom. The standard InChI is InChI=1S/C11H17N3OS/c1-13-6-2-4-9(13)12-10(16)8-14-7-3-5-11(14)15/h2-8H2,1H3. The van der Waals surface area contributed by atoms with Crippen molar-refractivity contribution in [3.05, 3.63) is 0 Å². The third kappa shape index (κ3) is 2.58. The van der Waals surface area contributed by atoms with Gasteiger partial charge in [0.15, 0.2) is 0 Å². The number of nitrogens with zero attached hydrogens (tertiary/aromatic N) is 3. The van der Waals surface area contributed by atoms with Crippen molar-refractivity contribution < 1.29 is 4.79 Å². The van der Waals surface area contributed by atoms with Gasteiger partial charge in [0.1, 0.15) is 10.8 Å². The van der Waals surface area contributed by atoms with Gasteiger partial charge in [0.05, 0.1) is 6.54 Å². The Bertz CT molecular complexity index is 340. The van der Waals surface area contributed by atoms with Crippen molar-refractivity contribution in [2.75, 3.05) is 26.7 Å². The van der Waals surface area contributed by atoms with Crippen LogP contribution < -0.4 is 0 Å². The fourth-order valence-electron chi connectivity index (χ4n) is 2.15. The lowest BCUT2D eigenvalue weighted by Gasteiger charge is -2.15. The second-order valence-corrected chi connectivity index (χ2v) is 4.84. The molecule has 0 radical (unpaired) electrons. The first kappa shape index (κ1) is 11.5. The number of hydrogen-bond acceptors (Lipinski definition) is 2. The molecule has 2 fully saturated rings. The maximum absolute atomic E-state index is 11.4. The summed E-state index contributed by atoms with van der Waals surface area (Å²) in [6.07, 6.45) is 3.78. The van der Waals surface area contributed by atoms with Crippen LogP contribution in [0.25, 0.3) is 0 Å². The van der Waals surface area contributed by atoms with Gasteiger partial charge in [0, 0.05) is 33.0 Å². The summed E-state index contributed by atoms with van der Waals surface area (Å²) in [5, 5.41) is 0. The zero-order valence-electron chi connectivity index (χ0n) is 9.61. The van der Waals surface area contributed by atoms with Gasteiger partial charge in [-0.1, -0.05) is 12.2 Å². The third-order valence-electron chi connectivity index (χ3n) is 3.09. The highest BCUT2D eigenvalue weighted by atomic mass is 32.1. The van der Waals surface area contributed by atoms with E-state index in [2.05, 4.69) is 9.89 Å². The first-order valence-corrected chi connectivity index (χ1v) is 6.17. The predicted molar refractivity (Wildman–Crippen MR) is 67.7 cm³/mol. The third-order valence-corrected chi connectivity index (χ3v) is 3.31. The molecular weight excluding hydrogens is 222 g/mol. The monoisotopic (exact) mass is 239 g/mol. The van der Waals surface area contributed by atoms with E-state index in [0.717, 1.165) is 38.2 Å². The molecule has 0 aromatic rings. The van der Waals surface area contributed by atoms with Crippen LogP contribution in [-0.2, 0) is 4.79 Å². The highest BCUT2D eigenvalue weighted by Gasteiger charge is 2.21. The number of hydrogen-bond donors (Lipinski definition) is 0. The van der Waals surface area contributed by atoms with Gasteiger partial charge in [0.25, 0.3) is 0 Å². The molecule has 2 aliphatic heterocycles. The van der Waals surface area contributed by atoms with Crippen LogP contribution in [-0.4, -0.2) is 53.2 Å². The maximum Gasteiger partial charge on any atom is 0.223 e. The molecule has 2 aliphatic rings. The largest absolute Gasteiger partial charge is 0.363 e. The summed E-state index contributed by atoms with van der Waals surface area (Å²) in [5.74, 6) is 1.28. The lowest BCUT2D eigenvalue weighted by molar-refractivity contribution is -0.127. The van der Waals surface area contributed by atoms with Crippen molar-refractivity contribution in [1.82, 2.24) is 9.80 Å². The molecule has 1 amide bonds. The Hall–Kier alpha value is -0.970. The fraction of sp³-hybridized carbons (Fsp3) is 0.727. The van der Waals surface area contributed by atoms with Gasteiger partial charge in [-0.2, -0.15) is 0 Å². The van der Waals surface area contributed by atoms with Gasteiger partial charge in [-0.15, -0.1) is 0 Å². The zero-order chi connectivity index (χ0) is 11.5. The van der Waals surface area contributed by atoms with Crippen molar-refractivity contribution >= 4 is 28.9 Å². The molecule has 16 heavy (non-hydrogen) atoms. The molecule has 0 aliphatic carbocycles. The molecule has 0 saturated carbocycles. The molecule has 0 unspecified atom stereocenters. The van der Waals surface area contributed by atoms with Gasteiger partial charge in [-0.3, -0.25) is 4.79 Å². The Morgan fingerprint density at radius 2 is 2.12 bits per heavy atom. The molecule has 2 heterocycles. The van der Waals surface area contributed by atoms with E-state index in [1.807, 2.05) is 7.05 Å². The van der Waals surface area contributed by atoms with E-state index in [4.69, 9.17) is 12.2 Å². The summed E-state index contributed by atoms with van der Waals surface area (Å²) in [7, 11) is 2.04. The first-order valence-electron chi connectivity index (χ1n) is 5.76. The highest BCUT2D eigenvalue weighted by molar-refractivity contribution is 7.80. The van der Waals surface area contributed by atoms with Gasteiger partial charge >= 0.3 is 0 Å². The van der Waals surface area contributed by atoms with E-state index >= 15 is 0 Å². The molecule has 2 saturated heterocycles. The average Bonchev–Trinajstić information content (AvgIpc) is 2.79. The normalized spacial score (nSPS) is 23.6. The number of carbonyl (C=O) groups excluding carboxylic acids is 1. The van der Waals surface area contributed by atoms with Crippen molar-refractivity contribution in [1.29, 1.82) is 0 Å². The highest BCUT2D eigenvalue weighted by Crippen LogP contribution is 2.12. The molecule has 0 aromatic heterocycles. The lowest BCUT2D eigenvalue weighted by Crippen LogP contribution is -2.30. The number of likely N-dealkylation sites (tertiary alicyclic amines) is 2. The van der Waals surface area contributed by atoms with Crippen molar-refractivity contribution in [3.8, 4) is 0 Å². The molecule has 0 atom stereocenters. The number of thiocarbonyl (C=S) groups is 1. The molecule has 0 aromatic carbocycles. The molecule has 88 valence electrons. The topological polar surface area (TPSA) is 35.9 Å². The van der Waals surface area contributed by atoms with E-state index in [-0.39, 0.29) is 5.91 Å². The van der Waals surface area contributed by atoms with E-state index in [1.165, 1.54) is 0 Å². The molecule has 0 N–H and O–H groups in total. The summed E-state index contributed by atoms with van der Waals surface area (Å²) in [6.45, 7) is 2.41. The molecule has 4 nitrogen and oxygen atoms in total. The summed E-state index contributed by atoms with van der Waals surface area (Å²) >= 11 is 5.23. The fourth-order valence-corrected chi connectivity index (χ4v) is 2.41. The summed E-state index contributed by atoms with van der Waals surface area (Å²) in [5.41, 5.74) is 0. The van der Waals surface area contributed by atoms with E-state index < -0.39 is 0 Å². The van der Waals surface area contributed by atoms with Gasteiger partial charge < -0.3 is 9.80 Å². The number of carbonyl (C=O) groups is 1. The molecule has 2 rings (SSSR count). The smallest absolute Gasteiger partial charge is 0.223 e. The maximum atomic E-state index is 11.4. The lowest BCUT2D eigenvalue weighted by atomic mass is 10.4. The van der Waals surface area contributed by atoms with E-state index in [9.17, 15) is 4.79 Å². The number of amides is 1. The number of rotatable bonds is 2. The Kier molecular flexibility index (Phi) is 3.53. The second kappa shape index (κ2) is 4.91. The van der Waals surface area contributed by atoms with Crippen molar-refractivity contribution in [2.24, 2.45) is 4.99 Å². The molecule has 0 bridgehead atoms. The zero-order valence-corrected chi connectivity index (χ0v) is 10.4. The van der Waals surface area contributed by atoms with Gasteiger partial charge in [-0.05, 0) is 12.8 Å². The minimum atomic E-state index is 0.210. The van der Waals surface area contributed by atoms with Crippen molar-refractivity contribution in [3.63, 3.8) is 0 Å². The van der Waals surface area contributed by atoms with Crippen molar-refractivity contribution in [2.45, 2.75) is 25.7 Å². The van der Waals surface area contributed by atoms with Crippen LogP contribution in [0.4, 0.5) is 0 Å². The van der Waals surface area contributed by atoms with Crippen LogP contribution >= 0.6 is 12.2 Å². The minimum absolute atomic E-state index is 0.210. The second-order valence-electron chi connectivity index (χ2n) is 4.37. The predicted octanol–water partition coefficient (Wildman–Crippen LogP) is 1.06. The molecule has 0 spiro atoms. The Morgan fingerprint density at radius 1 is 1.38 bits per heavy atom. The van der Waals surface area contributed by atoms with Crippen LogP contribution in [0.15, 0.2) is 4.99 Å². The van der Waals surface area contributed by atoms with E-state index in [0.29, 0.717) is 18.0 Å². The van der Waals surface area contributed by atoms with Crippen LogP contribution in [0.1, 0.15) is 25.7 Å². The number of aliphatic imine (C=N–C) groups is 1. The summed E-state index contributed by atoms with van der Waals surface area (Å²) in [6, 6.07) is 0. The quantitative estimate of drug-likeness (QED) is 0.676. The SMILES string of the molecule is CN1CCCC1=NC(=S)CN1CCCC1=O. The number of amidine groups is 1. The van der Waals surface area contributed by atoms with Gasteiger partial charge in [-0.25, -0.2) is 4.99 Å². The Labute approximate surface area is 101 Å². The first-order chi connectivity index (χ1) is 7.66. The molecular formula is C11H17N3OS. The summed E-state index contributed by atoms with van der Waals surface area (Å²) < 4.78 is 0. The molecule has 5 heteroatoms. The average molecular weight is 239 g/mol.